The van der Waals surface area contributed by atoms with Crippen molar-refractivity contribution in [3.63, 3.8) is 0 Å². The predicted octanol–water partition coefficient (Wildman–Crippen LogP) is 4.90. The number of nitrogens with one attached hydrogen (secondary N) is 1. The van der Waals surface area contributed by atoms with Crippen molar-refractivity contribution in [2.75, 3.05) is 7.11 Å². The van der Waals surface area contributed by atoms with Gasteiger partial charge in [0.2, 0.25) is 5.91 Å². The van der Waals surface area contributed by atoms with Crippen LogP contribution in [0.1, 0.15) is 41.9 Å². The van der Waals surface area contributed by atoms with Crippen molar-refractivity contribution in [3.05, 3.63) is 64.1 Å². The van der Waals surface area contributed by atoms with E-state index in [0.29, 0.717) is 32.9 Å². The fourth-order valence-electron chi connectivity index (χ4n) is 3.43. The zero-order valence-corrected chi connectivity index (χ0v) is 18.1. The first kappa shape index (κ1) is 21.8. The number of hydrogen-bond donors (Lipinski definition) is 1. The van der Waals surface area contributed by atoms with Crippen LogP contribution < -0.4 is 10.1 Å². The molecule has 0 bridgehead atoms. The van der Waals surface area contributed by atoms with E-state index in [0.717, 1.165) is 12.0 Å². The molecule has 7 heteroatoms. The maximum Gasteiger partial charge on any atom is 0.262 e. The number of methoxy groups -OCH3 is 1. The Morgan fingerprint density at radius 2 is 1.90 bits per heavy atom. The summed E-state index contributed by atoms with van der Waals surface area (Å²) in [4.78, 5) is 25.8. The number of amides is 1. The highest BCUT2D eigenvalue weighted by Crippen LogP contribution is 2.35. The lowest BCUT2D eigenvalue weighted by molar-refractivity contribution is -0.121. The van der Waals surface area contributed by atoms with Gasteiger partial charge in [-0.15, -0.1) is 0 Å². The molecule has 0 fully saturated rings. The van der Waals surface area contributed by atoms with Crippen molar-refractivity contribution < 1.29 is 18.7 Å². The van der Waals surface area contributed by atoms with E-state index in [-0.39, 0.29) is 24.3 Å². The largest absolute Gasteiger partial charge is 0.495 e. The minimum absolute atomic E-state index is 0.0518. The van der Waals surface area contributed by atoms with E-state index < -0.39 is 5.82 Å². The molecule has 0 saturated carbocycles. The number of nitrogens with zero attached hydrogens (tertiary/aromatic N) is 1. The number of halogens is 2. The van der Waals surface area contributed by atoms with Crippen LogP contribution in [0.15, 0.2) is 36.4 Å². The van der Waals surface area contributed by atoms with Crippen LogP contribution in [-0.4, -0.2) is 29.5 Å². The number of aromatic nitrogens is 1. The molecule has 0 spiro atoms. The van der Waals surface area contributed by atoms with E-state index in [9.17, 15) is 14.0 Å². The average Bonchev–Trinajstić information content (AvgIpc) is 2.97. The van der Waals surface area contributed by atoms with Gasteiger partial charge in [0.15, 0.2) is 0 Å². The molecule has 1 N–H and O–H groups in total. The van der Waals surface area contributed by atoms with Gasteiger partial charge in [0.25, 0.3) is 5.91 Å². The Morgan fingerprint density at radius 1 is 1.23 bits per heavy atom. The third-order valence-corrected chi connectivity index (χ3v) is 5.56. The van der Waals surface area contributed by atoms with Crippen molar-refractivity contribution >= 4 is 34.3 Å². The summed E-state index contributed by atoms with van der Waals surface area (Å²) in [5, 5.41) is 4.02. The van der Waals surface area contributed by atoms with Gasteiger partial charge < -0.3 is 10.1 Å². The Morgan fingerprint density at radius 3 is 2.50 bits per heavy atom. The minimum Gasteiger partial charge on any atom is -0.495 e. The molecular formula is C23H24ClFN2O3. The van der Waals surface area contributed by atoms with Crippen LogP contribution in [0.2, 0.25) is 5.02 Å². The smallest absolute Gasteiger partial charge is 0.262 e. The lowest BCUT2D eigenvalue weighted by Crippen LogP contribution is -2.33. The van der Waals surface area contributed by atoms with E-state index in [1.807, 2.05) is 13.8 Å². The molecule has 5 nitrogen and oxygen atoms in total. The summed E-state index contributed by atoms with van der Waals surface area (Å²) < 4.78 is 20.2. The summed E-state index contributed by atoms with van der Waals surface area (Å²) >= 11 is 6.32. The number of ether oxygens (including phenoxy) is 1. The van der Waals surface area contributed by atoms with Gasteiger partial charge in [-0.1, -0.05) is 18.5 Å². The van der Waals surface area contributed by atoms with Crippen molar-refractivity contribution in [1.29, 1.82) is 0 Å². The maximum atomic E-state index is 13.3. The first-order chi connectivity index (χ1) is 14.3. The first-order valence-electron chi connectivity index (χ1n) is 9.73. The highest BCUT2D eigenvalue weighted by Gasteiger charge is 2.23. The maximum absolute atomic E-state index is 13.3. The highest BCUT2D eigenvalue weighted by atomic mass is 35.5. The zero-order valence-electron chi connectivity index (χ0n) is 17.4. The minimum atomic E-state index is -0.421. The average molecular weight is 431 g/mol. The standard InChI is InChI=1S/C23H24ClFN2O3/c1-5-13(2)26-22(28)11-17-14(3)27(23(29)15-6-8-16(25)9-7-15)20-12-19(24)21(30-4)10-18(17)20/h6-10,12-13H,5,11H2,1-4H3,(H,26,28). The molecule has 3 rings (SSSR count). The summed E-state index contributed by atoms with van der Waals surface area (Å²) in [6.45, 7) is 5.72. The number of benzene rings is 2. The summed E-state index contributed by atoms with van der Waals surface area (Å²) in [6.07, 6.45) is 0.931. The highest BCUT2D eigenvalue weighted by molar-refractivity contribution is 6.33. The molecule has 0 radical (unpaired) electrons. The number of carbonyl (C=O) groups is 2. The third-order valence-electron chi connectivity index (χ3n) is 5.26. The van der Waals surface area contributed by atoms with E-state index in [1.165, 1.54) is 35.9 Å². The Balaban J connectivity index is 2.16. The van der Waals surface area contributed by atoms with E-state index >= 15 is 0 Å². The Bertz CT molecular complexity index is 1110. The zero-order chi connectivity index (χ0) is 22.0. The molecule has 1 aromatic heterocycles. The number of fused-ring (bicyclic) bond motifs is 1. The van der Waals surface area contributed by atoms with Gasteiger partial charge in [0, 0.05) is 22.7 Å². The Hall–Kier alpha value is -2.86. The van der Waals surface area contributed by atoms with Crippen LogP contribution in [0, 0.1) is 12.7 Å². The molecule has 0 aliphatic rings. The molecule has 0 aliphatic carbocycles. The van der Waals surface area contributed by atoms with Gasteiger partial charge in [-0.05, 0) is 62.2 Å². The van der Waals surface area contributed by atoms with Gasteiger partial charge >= 0.3 is 0 Å². The second-order valence-corrected chi connectivity index (χ2v) is 7.68. The van der Waals surface area contributed by atoms with Gasteiger partial charge in [0.05, 0.1) is 24.1 Å². The molecule has 0 aliphatic heterocycles. The molecule has 2 aromatic carbocycles. The molecule has 1 atom stereocenters. The number of rotatable bonds is 6. The van der Waals surface area contributed by atoms with E-state index in [2.05, 4.69) is 5.32 Å². The SMILES string of the molecule is CCC(C)NC(=O)Cc1c(C)n(C(=O)c2ccc(F)cc2)c2cc(Cl)c(OC)cc12. The van der Waals surface area contributed by atoms with Gasteiger partial charge in [-0.2, -0.15) is 0 Å². The van der Waals surface area contributed by atoms with Crippen LogP contribution in [0.3, 0.4) is 0 Å². The fourth-order valence-corrected chi connectivity index (χ4v) is 3.67. The predicted molar refractivity (Wildman–Crippen MR) is 116 cm³/mol. The topological polar surface area (TPSA) is 60.3 Å². The van der Waals surface area contributed by atoms with Crippen LogP contribution in [0.5, 0.6) is 5.75 Å². The molecular weight excluding hydrogens is 407 g/mol. The number of carbonyl (C=O) groups excluding carboxylic acids is 2. The lowest BCUT2D eigenvalue weighted by Gasteiger charge is -2.12. The molecule has 1 amide bonds. The monoisotopic (exact) mass is 430 g/mol. The first-order valence-corrected chi connectivity index (χ1v) is 10.1. The van der Waals surface area contributed by atoms with Gasteiger partial charge in [-0.3, -0.25) is 14.2 Å². The fraction of sp³-hybridized carbons (Fsp3) is 0.304. The Labute approximate surface area is 179 Å². The van der Waals surface area contributed by atoms with Crippen molar-refractivity contribution in [2.45, 2.75) is 39.7 Å². The molecule has 158 valence electrons. The molecule has 0 saturated heterocycles. The number of hydrogen-bond acceptors (Lipinski definition) is 3. The third kappa shape index (κ3) is 4.19. The van der Waals surface area contributed by atoms with Crippen LogP contribution in [-0.2, 0) is 11.2 Å². The van der Waals surface area contributed by atoms with Gasteiger partial charge in [-0.25, -0.2) is 4.39 Å². The van der Waals surface area contributed by atoms with Gasteiger partial charge in [0.1, 0.15) is 11.6 Å². The summed E-state index contributed by atoms with van der Waals surface area (Å²) in [7, 11) is 1.51. The van der Waals surface area contributed by atoms with Crippen molar-refractivity contribution in [1.82, 2.24) is 9.88 Å². The van der Waals surface area contributed by atoms with Crippen molar-refractivity contribution in [3.8, 4) is 5.75 Å². The van der Waals surface area contributed by atoms with Crippen LogP contribution in [0.25, 0.3) is 10.9 Å². The summed E-state index contributed by atoms with van der Waals surface area (Å²) in [6, 6.07) is 8.80. The molecule has 3 aromatic rings. The van der Waals surface area contributed by atoms with Crippen LogP contribution in [0.4, 0.5) is 4.39 Å². The Kier molecular flexibility index (Phi) is 6.46. The molecule has 30 heavy (non-hydrogen) atoms. The molecule has 1 heterocycles. The second-order valence-electron chi connectivity index (χ2n) is 7.27. The summed E-state index contributed by atoms with van der Waals surface area (Å²) in [5.41, 5.74) is 2.25. The van der Waals surface area contributed by atoms with Crippen molar-refractivity contribution in [2.24, 2.45) is 0 Å². The molecule has 1 unspecified atom stereocenters. The summed E-state index contributed by atoms with van der Waals surface area (Å²) in [5.74, 6) is -0.420. The normalized spacial score (nSPS) is 12.1. The quantitative estimate of drug-likeness (QED) is 0.605. The van der Waals surface area contributed by atoms with E-state index in [1.54, 1.807) is 19.1 Å². The lowest BCUT2D eigenvalue weighted by atomic mass is 10.1. The van der Waals surface area contributed by atoms with Crippen LogP contribution >= 0.6 is 11.6 Å². The van der Waals surface area contributed by atoms with E-state index in [4.69, 9.17) is 16.3 Å². The second kappa shape index (κ2) is 8.88.